The second-order valence-corrected chi connectivity index (χ2v) is 14.4. The molecule has 2 heterocycles. The molecular formula is C20H18N4O4Se2. The molecule has 0 unspecified atom stereocenters. The summed E-state index contributed by atoms with van der Waals surface area (Å²) in [6.45, 7) is 0.931. The summed E-state index contributed by atoms with van der Waals surface area (Å²) in [4.78, 5) is 49.2. The molecule has 0 atom stereocenters. The summed E-state index contributed by atoms with van der Waals surface area (Å²) in [6, 6.07) is 13.6. The molecule has 0 fully saturated rings. The van der Waals surface area contributed by atoms with Gasteiger partial charge in [-0.05, 0) is 0 Å². The van der Waals surface area contributed by atoms with Gasteiger partial charge in [-0.2, -0.15) is 0 Å². The van der Waals surface area contributed by atoms with Gasteiger partial charge in [-0.3, -0.25) is 0 Å². The SMILES string of the molecule is O=c1[nH]n(CC[Se][Se]CCn2[nH]c(=O)c3ccccc3c2=O)c(=O)c2ccccc12. The van der Waals surface area contributed by atoms with Crippen LogP contribution in [0.25, 0.3) is 21.5 Å². The van der Waals surface area contributed by atoms with Crippen LogP contribution in [0.3, 0.4) is 0 Å². The van der Waals surface area contributed by atoms with E-state index in [0.717, 1.165) is 10.6 Å². The van der Waals surface area contributed by atoms with Crippen molar-refractivity contribution < 1.29 is 0 Å². The van der Waals surface area contributed by atoms with E-state index in [1.807, 2.05) is 0 Å². The third kappa shape index (κ3) is 4.13. The fraction of sp³-hybridized carbons (Fsp3) is 0.200. The summed E-state index contributed by atoms with van der Waals surface area (Å²) in [5, 5.41) is 8.58. The van der Waals surface area contributed by atoms with Gasteiger partial charge in [0.1, 0.15) is 0 Å². The van der Waals surface area contributed by atoms with Gasteiger partial charge >= 0.3 is 181 Å². The molecule has 154 valence electrons. The number of aryl methyl sites for hydroxylation is 2. The van der Waals surface area contributed by atoms with Crippen molar-refractivity contribution in [1.29, 1.82) is 0 Å². The Kier molecular flexibility index (Phi) is 6.20. The van der Waals surface area contributed by atoms with Gasteiger partial charge in [-0.1, -0.05) is 0 Å². The van der Waals surface area contributed by atoms with Crippen LogP contribution in [-0.4, -0.2) is 45.8 Å². The van der Waals surface area contributed by atoms with Gasteiger partial charge in [-0.15, -0.1) is 0 Å². The van der Waals surface area contributed by atoms with E-state index in [9.17, 15) is 19.2 Å². The fourth-order valence-electron chi connectivity index (χ4n) is 3.18. The second-order valence-electron chi connectivity index (χ2n) is 6.53. The number of fused-ring (bicyclic) bond motifs is 2. The van der Waals surface area contributed by atoms with E-state index in [1.54, 1.807) is 48.5 Å². The Bertz CT molecular complexity index is 1340. The zero-order valence-electron chi connectivity index (χ0n) is 15.8. The van der Waals surface area contributed by atoms with Crippen molar-refractivity contribution in [2.24, 2.45) is 0 Å². The van der Waals surface area contributed by atoms with Crippen molar-refractivity contribution in [3.05, 3.63) is 89.9 Å². The quantitative estimate of drug-likeness (QED) is 0.266. The van der Waals surface area contributed by atoms with E-state index in [4.69, 9.17) is 0 Å². The number of rotatable bonds is 7. The minimum absolute atomic E-state index is 0.186. The van der Waals surface area contributed by atoms with E-state index in [-0.39, 0.29) is 22.2 Å². The molecule has 0 amide bonds. The Morgan fingerprint density at radius 3 is 1.37 bits per heavy atom. The summed E-state index contributed by atoms with van der Waals surface area (Å²) >= 11 is 0.603. The van der Waals surface area contributed by atoms with Crippen molar-refractivity contribution in [3.63, 3.8) is 0 Å². The molecule has 0 bridgehead atoms. The van der Waals surface area contributed by atoms with Gasteiger partial charge in [0.05, 0.1) is 0 Å². The topological polar surface area (TPSA) is 110 Å². The molecule has 2 aromatic heterocycles. The van der Waals surface area contributed by atoms with Crippen LogP contribution in [-0.2, 0) is 13.1 Å². The molecule has 4 rings (SSSR count). The molecule has 0 aliphatic rings. The summed E-state index contributed by atoms with van der Waals surface area (Å²) in [5.74, 6) is 0. The zero-order chi connectivity index (χ0) is 21.1. The van der Waals surface area contributed by atoms with E-state index in [1.165, 1.54) is 9.36 Å². The number of aromatic nitrogens is 4. The van der Waals surface area contributed by atoms with Gasteiger partial charge < -0.3 is 0 Å². The van der Waals surface area contributed by atoms with Gasteiger partial charge in [0.2, 0.25) is 0 Å². The molecule has 0 spiro atoms. The van der Waals surface area contributed by atoms with E-state index in [2.05, 4.69) is 10.2 Å². The molecule has 0 radical (unpaired) electrons. The molecule has 8 nitrogen and oxygen atoms in total. The van der Waals surface area contributed by atoms with Gasteiger partial charge in [0, 0.05) is 0 Å². The van der Waals surface area contributed by atoms with Crippen LogP contribution < -0.4 is 22.2 Å². The molecular weight excluding hydrogens is 518 g/mol. The van der Waals surface area contributed by atoms with Crippen molar-refractivity contribution in [2.75, 3.05) is 0 Å². The summed E-state index contributed by atoms with van der Waals surface area (Å²) in [6.07, 6.45) is 0. The third-order valence-electron chi connectivity index (χ3n) is 4.65. The van der Waals surface area contributed by atoms with E-state index in [0.29, 0.717) is 60.9 Å². The van der Waals surface area contributed by atoms with Crippen molar-refractivity contribution in [1.82, 2.24) is 19.6 Å². The van der Waals surface area contributed by atoms with Crippen LogP contribution in [0.1, 0.15) is 0 Å². The molecule has 4 aromatic rings. The van der Waals surface area contributed by atoms with Crippen LogP contribution in [0.2, 0.25) is 10.6 Å². The molecule has 0 saturated heterocycles. The number of aromatic amines is 2. The predicted molar refractivity (Wildman–Crippen MR) is 119 cm³/mol. The Morgan fingerprint density at radius 2 is 0.967 bits per heavy atom. The van der Waals surface area contributed by atoms with Crippen LogP contribution in [0.15, 0.2) is 67.7 Å². The average molecular weight is 536 g/mol. The Morgan fingerprint density at radius 1 is 0.600 bits per heavy atom. The van der Waals surface area contributed by atoms with Crippen LogP contribution in [0, 0.1) is 0 Å². The normalized spacial score (nSPS) is 11.3. The summed E-state index contributed by atoms with van der Waals surface area (Å²) in [7, 11) is 0. The van der Waals surface area contributed by atoms with Crippen molar-refractivity contribution >= 4 is 47.8 Å². The molecule has 0 aliphatic heterocycles. The monoisotopic (exact) mass is 538 g/mol. The first-order valence-electron chi connectivity index (χ1n) is 9.24. The number of benzene rings is 2. The first-order chi connectivity index (χ1) is 14.6. The molecule has 30 heavy (non-hydrogen) atoms. The van der Waals surface area contributed by atoms with Crippen LogP contribution in [0.5, 0.6) is 0 Å². The minimum atomic E-state index is -0.261. The molecule has 2 N–H and O–H groups in total. The van der Waals surface area contributed by atoms with Gasteiger partial charge in [0.15, 0.2) is 0 Å². The van der Waals surface area contributed by atoms with Crippen molar-refractivity contribution in [2.45, 2.75) is 23.7 Å². The molecule has 0 aliphatic carbocycles. The molecule has 2 aromatic carbocycles. The van der Waals surface area contributed by atoms with E-state index < -0.39 is 0 Å². The Labute approximate surface area is 180 Å². The first-order valence-corrected chi connectivity index (χ1v) is 16.0. The van der Waals surface area contributed by atoms with Crippen LogP contribution in [0.4, 0.5) is 0 Å². The maximum absolute atomic E-state index is 12.5. The molecule has 10 heteroatoms. The maximum atomic E-state index is 12.5. The standard InChI is InChI=1S/C20H18N4O4Se2/c25-17-13-5-1-3-7-15(13)19(27)23(21-17)9-11-29-30-12-10-24-20(28)16-8-4-2-6-14(16)18(26)22-24/h1-8H,9-12H2,(H,21,25)(H,22,26). The fourth-order valence-corrected chi connectivity index (χ4v) is 8.95. The second kappa shape index (κ2) is 9.02. The predicted octanol–water partition coefficient (Wildman–Crippen LogP) is 0.553. The Hall–Kier alpha value is -2.64. The average Bonchev–Trinajstić information content (AvgIpc) is 2.77. The van der Waals surface area contributed by atoms with Gasteiger partial charge in [0.25, 0.3) is 0 Å². The Balaban J connectivity index is 1.35. The summed E-state index contributed by atoms with van der Waals surface area (Å²) < 4.78 is 2.77. The summed E-state index contributed by atoms with van der Waals surface area (Å²) in [5.41, 5.74) is -0.895. The number of hydrogen-bond donors (Lipinski definition) is 2. The first kappa shape index (κ1) is 20.6. The van der Waals surface area contributed by atoms with Crippen LogP contribution >= 0.6 is 0 Å². The van der Waals surface area contributed by atoms with Gasteiger partial charge in [-0.25, -0.2) is 0 Å². The third-order valence-corrected chi connectivity index (χ3v) is 11.9. The number of nitrogens with zero attached hydrogens (tertiary/aromatic N) is 2. The zero-order valence-corrected chi connectivity index (χ0v) is 19.2. The number of nitrogens with one attached hydrogen (secondary N) is 2. The molecule has 0 saturated carbocycles. The number of hydrogen-bond acceptors (Lipinski definition) is 4. The van der Waals surface area contributed by atoms with E-state index >= 15 is 0 Å². The number of H-pyrrole nitrogens is 2. The van der Waals surface area contributed by atoms with Crippen molar-refractivity contribution in [3.8, 4) is 0 Å².